The lowest BCUT2D eigenvalue weighted by molar-refractivity contribution is 0.397. The van der Waals surface area contributed by atoms with E-state index in [-0.39, 0.29) is 0 Å². The van der Waals surface area contributed by atoms with Gasteiger partial charge in [-0.3, -0.25) is 0 Å². The van der Waals surface area contributed by atoms with Crippen LogP contribution in [0.25, 0.3) is 0 Å². The molecule has 0 saturated carbocycles. The molecule has 0 aliphatic carbocycles. The Morgan fingerprint density at radius 1 is 1.78 bits per heavy atom. The van der Waals surface area contributed by atoms with Gasteiger partial charge >= 0.3 is 0 Å². The molecule has 1 aliphatic rings. The molecule has 1 aliphatic heterocycles. The second-order valence-corrected chi connectivity index (χ2v) is 2.36. The summed E-state index contributed by atoms with van der Waals surface area (Å²) in [6.45, 7) is 8.37. The van der Waals surface area contributed by atoms with Crippen LogP contribution in [0.3, 0.4) is 0 Å². The van der Waals surface area contributed by atoms with Gasteiger partial charge in [0.1, 0.15) is 0 Å². The van der Waals surface area contributed by atoms with Crippen molar-refractivity contribution >= 4 is 0 Å². The Morgan fingerprint density at radius 2 is 2.44 bits per heavy atom. The van der Waals surface area contributed by atoms with Gasteiger partial charge in [-0.15, -0.1) is 0 Å². The monoisotopic (exact) mass is 124 g/mol. The van der Waals surface area contributed by atoms with Crippen molar-refractivity contribution in [2.75, 3.05) is 6.61 Å². The minimum absolute atomic E-state index is 0.529. The van der Waals surface area contributed by atoms with E-state index in [9.17, 15) is 0 Å². The lowest BCUT2D eigenvalue weighted by Gasteiger charge is -1.93. The van der Waals surface area contributed by atoms with Gasteiger partial charge in [-0.05, 0) is 12.8 Å². The highest BCUT2D eigenvalue weighted by molar-refractivity contribution is 5.10. The van der Waals surface area contributed by atoms with Crippen LogP contribution < -0.4 is 0 Å². The van der Waals surface area contributed by atoms with E-state index in [0.717, 1.165) is 25.0 Å². The highest BCUT2D eigenvalue weighted by Crippen LogP contribution is 2.17. The maximum absolute atomic E-state index is 5.03. The molecule has 1 nitrogen and oxygen atoms in total. The fourth-order valence-corrected chi connectivity index (χ4v) is 0.683. The summed E-state index contributed by atoms with van der Waals surface area (Å²) in [7, 11) is 0. The van der Waals surface area contributed by atoms with Gasteiger partial charge in [0.2, 0.25) is 0 Å². The third kappa shape index (κ3) is 2.47. The van der Waals surface area contributed by atoms with Crippen LogP contribution in [-0.4, -0.2) is 12.7 Å². The van der Waals surface area contributed by atoms with E-state index >= 15 is 0 Å². The molecule has 1 saturated heterocycles. The van der Waals surface area contributed by atoms with E-state index in [0.29, 0.717) is 6.10 Å². The maximum Gasteiger partial charge on any atom is 0.0813 e. The van der Waals surface area contributed by atoms with Crippen molar-refractivity contribution in [2.45, 2.75) is 18.9 Å². The highest BCUT2D eigenvalue weighted by atomic mass is 16.6. The number of allylic oxidation sites excluding steroid dienone is 2. The number of epoxide rings is 1. The van der Waals surface area contributed by atoms with Gasteiger partial charge in [0.25, 0.3) is 0 Å². The van der Waals surface area contributed by atoms with Crippen LogP contribution in [0.5, 0.6) is 0 Å². The first-order chi connectivity index (χ1) is 4.33. The zero-order valence-corrected chi connectivity index (χ0v) is 5.60. The van der Waals surface area contributed by atoms with Gasteiger partial charge < -0.3 is 4.74 Å². The number of rotatable bonds is 4. The molecule has 0 spiro atoms. The van der Waals surface area contributed by atoms with Crippen molar-refractivity contribution in [3.05, 3.63) is 24.8 Å². The molecule has 1 rings (SSSR count). The first-order valence-corrected chi connectivity index (χ1v) is 3.24. The number of ether oxygens (including phenoxy) is 1. The molecule has 1 fully saturated rings. The average Bonchev–Trinajstić information content (AvgIpc) is 2.65. The Labute approximate surface area is 56.0 Å². The first kappa shape index (κ1) is 6.56. The number of hydrogen-bond donors (Lipinski definition) is 0. The second kappa shape index (κ2) is 2.83. The molecule has 50 valence electrons. The Morgan fingerprint density at radius 3 is 2.89 bits per heavy atom. The van der Waals surface area contributed by atoms with Gasteiger partial charge in [0.05, 0.1) is 12.7 Å². The van der Waals surface area contributed by atoms with Gasteiger partial charge in [0, 0.05) is 0 Å². The topological polar surface area (TPSA) is 12.5 Å². The lowest BCUT2D eigenvalue weighted by atomic mass is 10.1. The second-order valence-electron chi connectivity index (χ2n) is 2.36. The first-order valence-electron chi connectivity index (χ1n) is 3.24. The summed E-state index contributed by atoms with van der Waals surface area (Å²) < 4.78 is 5.03. The van der Waals surface area contributed by atoms with Gasteiger partial charge in [-0.2, -0.15) is 0 Å². The molecule has 0 bridgehead atoms. The van der Waals surface area contributed by atoms with E-state index in [1.54, 1.807) is 0 Å². The summed E-state index contributed by atoms with van der Waals surface area (Å²) in [6, 6.07) is 0. The standard InChI is InChI=1S/C8H12O/c1-3-7(2)4-5-8-6-9-8/h3,8H,1-2,4-6H2. The Balaban J connectivity index is 2.02. The summed E-state index contributed by atoms with van der Waals surface area (Å²) in [5.41, 5.74) is 1.12. The van der Waals surface area contributed by atoms with Crippen molar-refractivity contribution in [2.24, 2.45) is 0 Å². The Hall–Kier alpha value is -0.560. The average molecular weight is 124 g/mol. The number of hydrogen-bond acceptors (Lipinski definition) is 1. The van der Waals surface area contributed by atoms with Crippen LogP contribution in [0.1, 0.15) is 12.8 Å². The molecule has 1 heterocycles. The molecular formula is C8H12O. The normalized spacial score (nSPS) is 23.3. The molecule has 0 aromatic heterocycles. The third-order valence-corrected chi connectivity index (χ3v) is 1.48. The minimum Gasteiger partial charge on any atom is -0.373 e. The van der Waals surface area contributed by atoms with Crippen LogP contribution in [-0.2, 0) is 4.74 Å². The van der Waals surface area contributed by atoms with E-state index in [4.69, 9.17) is 4.74 Å². The largest absolute Gasteiger partial charge is 0.373 e. The van der Waals surface area contributed by atoms with Crippen LogP contribution in [0.15, 0.2) is 24.8 Å². The van der Waals surface area contributed by atoms with Crippen molar-refractivity contribution < 1.29 is 4.74 Å². The van der Waals surface area contributed by atoms with Crippen LogP contribution in [0.4, 0.5) is 0 Å². The van der Waals surface area contributed by atoms with E-state index in [2.05, 4.69) is 13.2 Å². The zero-order valence-electron chi connectivity index (χ0n) is 5.60. The molecule has 0 aromatic rings. The van der Waals surface area contributed by atoms with Crippen molar-refractivity contribution in [1.29, 1.82) is 0 Å². The van der Waals surface area contributed by atoms with Gasteiger partial charge in [0.15, 0.2) is 0 Å². The van der Waals surface area contributed by atoms with E-state index < -0.39 is 0 Å². The van der Waals surface area contributed by atoms with Crippen molar-refractivity contribution in [3.8, 4) is 0 Å². The van der Waals surface area contributed by atoms with Gasteiger partial charge in [-0.1, -0.05) is 24.8 Å². The summed E-state index contributed by atoms with van der Waals surface area (Å²) in [4.78, 5) is 0. The third-order valence-electron chi connectivity index (χ3n) is 1.48. The van der Waals surface area contributed by atoms with Crippen LogP contribution >= 0.6 is 0 Å². The Bertz CT molecular complexity index is 123. The maximum atomic E-state index is 5.03. The van der Waals surface area contributed by atoms with Crippen LogP contribution in [0, 0.1) is 0 Å². The molecule has 0 N–H and O–H groups in total. The molecule has 1 unspecified atom stereocenters. The van der Waals surface area contributed by atoms with Crippen molar-refractivity contribution in [3.63, 3.8) is 0 Å². The Kier molecular flexibility index (Phi) is 2.06. The van der Waals surface area contributed by atoms with Crippen molar-refractivity contribution in [1.82, 2.24) is 0 Å². The SMILES string of the molecule is C=CC(=C)CCC1CO1. The fraction of sp³-hybridized carbons (Fsp3) is 0.500. The molecular weight excluding hydrogens is 112 g/mol. The van der Waals surface area contributed by atoms with Gasteiger partial charge in [-0.25, -0.2) is 0 Å². The molecule has 0 radical (unpaired) electrons. The summed E-state index contributed by atoms with van der Waals surface area (Å²) in [6.07, 6.45) is 4.49. The zero-order chi connectivity index (χ0) is 6.69. The predicted molar refractivity (Wildman–Crippen MR) is 38.3 cm³/mol. The summed E-state index contributed by atoms with van der Waals surface area (Å²) >= 11 is 0. The summed E-state index contributed by atoms with van der Waals surface area (Å²) in [5.74, 6) is 0. The predicted octanol–water partition coefficient (Wildman–Crippen LogP) is 1.91. The minimum atomic E-state index is 0.529. The quantitative estimate of drug-likeness (QED) is 0.412. The molecule has 1 heteroatoms. The van der Waals surface area contributed by atoms with E-state index in [1.807, 2.05) is 6.08 Å². The van der Waals surface area contributed by atoms with E-state index in [1.165, 1.54) is 0 Å². The molecule has 0 aromatic carbocycles. The molecule has 0 amide bonds. The molecule has 1 atom stereocenters. The lowest BCUT2D eigenvalue weighted by Crippen LogP contribution is -1.84. The highest BCUT2D eigenvalue weighted by Gasteiger charge is 2.21. The molecule has 9 heavy (non-hydrogen) atoms. The fourth-order valence-electron chi connectivity index (χ4n) is 0.683. The van der Waals surface area contributed by atoms with Crippen LogP contribution in [0.2, 0.25) is 0 Å². The smallest absolute Gasteiger partial charge is 0.0813 e. The summed E-state index contributed by atoms with van der Waals surface area (Å²) in [5, 5.41) is 0.